The summed E-state index contributed by atoms with van der Waals surface area (Å²) in [4.78, 5) is 37.1. The highest BCUT2D eigenvalue weighted by molar-refractivity contribution is 5.99. The van der Waals surface area contributed by atoms with Gasteiger partial charge >= 0.3 is 0 Å². The van der Waals surface area contributed by atoms with Crippen LogP contribution in [-0.2, 0) is 0 Å². The molecule has 3 rings (SSSR count). The number of nitrogens with zero attached hydrogens (tertiary/aromatic N) is 4. The largest absolute Gasteiger partial charge is 0.353 e. The van der Waals surface area contributed by atoms with Crippen molar-refractivity contribution in [3.63, 3.8) is 0 Å². The van der Waals surface area contributed by atoms with Crippen molar-refractivity contribution in [1.29, 1.82) is 0 Å². The molecule has 2 aromatic heterocycles. The third kappa shape index (κ3) is 4.05. The van der Waals surface area contributed by atoms with Gasteiger partial charge in [0.2, 0.25) is 0 Å². The standard InChI is InChI=1S/C19H21N5O2/c1-2-6-22-18(25)15-12-16(14-20-13-15)19(26)24-10-8-23(9-11-24)17-5-3-4-7-21-17/h2-5,7,12-14H,1,6,8-11H2,(H,22,25). The topological polar surface area (TPSA) is 78.4 Å². The SMILES string of the molecule is C=CCNC(=O)c1cncc(C(=O)N2CCN(c3ccccn3)CC2)c1. The van der Waals surface area contributed by atoms with Crippen LogP contribution in [0.2, 0.25) is 0 Å². The summed E-state index contributed by atoms with van der Waals surface area (Å²) < 4.78 is 0. The summed E-state index contributed by atoms with van der Waals surface area (Å²) in [6, 6.07) is 7.38. The van der Waals surface area contributed by atoms with Crippen LogP contribution in [0.5, 0.6) is 0 Å². The predicted octanol–water partition coefficient (Wildman–Crippen LogP) is 1.35. The smallest absolute Gasteiger partial charge is 0.255 e. The highest BCUT2D eigenvalue weighted by atomic mass is 16.2. The van der Waals surface area contributed by atoms with E-state index in [1.54, 1.807) is 23.2 Å². The van der Waals surface area contributed by atoms with Gasteiger partial charge in [0.15, 0.2) is 0 Å². The molecule has 0 bridgehead atoms. The molecule has 2 aromatic rings. The number of hydrogen-bond acceptors (Lipinski definition) is 5. The number of nitrogens with one attached hydrogen (secondary N) is 1. The first-order chi connectivity index (χ1) is 12.7. The highest BCUT2D eigenvalue weighted by Crippen LogP contribution is 2.14. The summed E-state index contributed by atoms with van der Waals surface area (Å²) in [5, 5.41) is 2.68. The second-order valence-electron chi connectivity index (χ2n) is 5.93. The van der Waals surface area contributed by atoms with E-state index in [2.05, 4.69) is 26.8 Å². The minimum absolute atomic E-state index is 0.114. The normalized spacial score (nSPS) is 14.0. The number of amides is 2. The van der Waals surface area contributed by atoms with Crippen molar-refractivity contribution >= 4 is 17.6 Å². The number of pyridine rings is 2. The minimum Gasteiger partial charge on any atom is -0.353 e. The Morgan fingerprint density at radius 2 is 1.92 bits per heavy atom. The summed E-state index contributed by atoms with van der Waals surface area (Å²) in [5.74, 6) is 0.533. The van der Waals surface area contributed by atoms with Gasteiger partial charge in [-0.15, -0.1) is 6.58 Å². The Balaban J connectivity index is 1.63. The highest BCUT2D eigenvalue weighted by Gasteiger charge is 2.23. The molecule has 1 aliphatic heterocycles. The quantitative estimate of drug-likeness (QED) is 0.823. The summed E-state index contributed by atoms with van der Waals surface area (Å²) >= 11 is 0. The van der Waals surface area contributed by atoms with Gasteiger partial charge in [0.25, 0.3) is 11.8 Å². The summed E-state index contributed by atoms with van der Waals surface area (Å²) in [6.07, 6.45) is 6.31. The second kappa shape index (κ2) is 8.24. The molecule has 0 aromatic carbocycles. The Labute approximate surface area is 152 Å². The van der Waals surface area contributed by atoms with E-state index in [0.717, 1.165) is 18.9 Å². The van der Waals surface area contributed by atoms with E-state index in [4.69, 9.17) is 0 Å². The lowest BCUT2D eigenvalue weighted by atomic mass is 10.1. The Morgan fingerprint density at radius 1 is 1.15 bits per heavy atom. The molecule has 7 nitrogen and oxygen atoms in total. The molecule has 26 heavy (non-hydrogen) atoms. The Morgan fingerprint density at radius 3 is 2.62 bits per heavy atom. The van der Waals surface area contributed by atoms with E-state index < -0.39 is 0 Å². The summed E-state index contributed by atoms with van der Waals surface area (Å²) in [5.41, 5.74) is 0.785. The van der Waals surface area contributed by atoms with Gasteiger partial charge in [-0.2, -0.15) is 0 Å². The zero-order chi connectivity index (χ0) is 18.4. The average Bonchev–Trinajstić information content (AvgIpc) is 2.72. The van der Waals surface area contributed by atoms with E-state index in [9.17, 15) is 9.59 Å². The van der Waals surface area contributed by atoms with Gasteiger partial charge in [-0.05, 0) is 18.2 Å². The van der Waals surface area contributed by atoms with Gasteiger partial charge in [-0.1, -0.05) is 12.1 Å². The van der Waals surface area contributed by atoms with Crippen molar-refractivity contribution in [2.75, 3.05) is 37.6 Å². The molecule has 134 valence electrons. The van der Waals surface area contributed by atoms with Crippen LogP contribution in [0.25, 0.3) is 0 Å². The molecule has 1 saturated heterocycles. The predicted molar refractivity (Wildman–Crippen MR) is 99.1 cm³/mol. The lowest BCUT2D eigenvalue weighted by Gasteiger charge is -2.35. The maximum Gasteiger partial charge on any atom is 0.255 e. The van der Waals surface area contributed by atoms with E-state index in [0.29, 0.717) is 30.8 Å². The number of aromatic nitrogens is 2. The van der Waals surface area contributed by atoms with Crippen LogP contribution in [0, 0.1) is 0 Å². The fourth-order valence-electron chi connectivity index (χ4n) is 2.81. The Bertz CT molecular complexity index is 786. The molecule has 1 aliphatic rings. The van der Waals surface area contributed by atoms with Gasteiger partial charge < -0.3 is 15.1 Å². The van der Waals surface area contributed by atoms with E-state index in [1.807, 2.05) is 18.2 Å². The first-order valence-corrected chi connectivity index (χ1v) is 8.48. The molecule has 7 heteroatoms. The van der Waals surface area contributed by atoms with Crippen molar-refractivity contribution < 1.29 is 9.59 Å². The molecule has 0 saturated carbocycles. The maximum absolute atomic E-state index is 12.7. The van der Waals surface area contributed by atoms with Crippen molar-refractivity contribution in [2.24, 2.45) is 0 Å². The van der Waals surface area contributed by atoms with Gasteiger partial charge in [-0.3, -0.25) is 14.6 Å². The molecule has 2 amide bonds. The maximum atomic E-state index is 12.7. The third-order valence-corrected chi connectivity index (χ3v) is 4.19. The number of carbonyl (C=O) groups is 2. The average molecular weight is 351 g/mol. The molecule has 0 atom stereocenters. The van der Waals surface area contributed by atoms with Gasteiger partial charge in [-0.25, -0.2) is 4.98 Å². The number of rotatable bonds is 5. The van der Waals surface area contributed by atoms with Crippen molar-refractivity contribution in [3.8, 4) is 0 Å². The van der Waals surface area contributed by atoms with Crippen molar-refractivity contribution in [1.82, 2.24) is 20.2 Å². The van der Waals surface area contributed by atoms with Gasteiger partial charge in [0.05, 0.1) is 11.1 Å². The summed E-state index contributed by atoms with van der Waals surface area (Å²) in [6.45, 7) is 6.56. The fraction of sp³-hybridized carbons (Fsp3) is 0.263. The van der Waals surface area contributed by atoms with Crippen LogP contribution in [-0.4, -0.2) is 59.4 Å². The van der Waals surface area contributed by atoms with Crippen LogP contribution in [0.1, 0.15) is 20.7 Å². The van der Waals surface area contributed by atoms with Gasteiger partial charge in [0.1, 0.15) is 5.82 Å². The Hall–Kier alpha value is -3.22. The first-order valence-electron chi connectivity index (χ1n) is 8.48. The zero-order valence-electron chi connectivity index (χ0n) is 14.5. The van der Waals surface area contributed by atoms with E-state index in [1.165, 1.54) is 12.4 Å². The molecule has 0 unspecified atom stereocenters. The van der Waals surface area contributed by atoms with Crippen LogP contribution in [0.4, 0.5) is 5.82 Å². The number of carbonyl (C=O) groups excluding carboxylic acids is 2. The van der Waals surface area contributed by atoms with Crippen LogP contribution in [0.15, 0.2) is 55.5 Å². The van der Waals surface area contributed by atoms with E-state index >= 15 is 0 Å². The lowest BCUT2D eigenvalue weighted by Crippen LogP contribution is -2.49. The molecule has 3 heterocycles. The van der Waals surface area contributed by atoms with Crippen LogP contribution < -0.4 is 10.2 Å². The zero-order valence-corrected chi connectivity index (χ0v) is 14.5. The first kappa shape index (κ1) is 17.6. The third-order valence-electron chi connectivity index (χ3n) is 4.19. The second-order valence-corrected chi connectivity index (χ2v) is 5.93. The molecule has 0 spiro atoms. The minimum atomic E-state index is -0.271. The number of anilines is 1. The van der Waals surface area contributed by atoms with Crippen molar-refractivity contribution in [3.05, 3.63) is 66.6 Å². The molecular formula is C19H21N5O2. The van der Waals surface area contributed by atoms with Crippen LogP contribution in [0.3, 0.4) is 0 Å². The van der Waals surface area contributed by atoms with Crippen molar-refractivity contribution in [2.45, 2.75) is 0 Å². The Kier molecular flexibility index (Phi) is 5.58. The van der Waals surface area contributed by atoms with Crippen LogP contribution >= 0.6 is 0 Å². The molecule has 0 radical (unpaired) electrons. The number of hydrogen-bond donors (Lipinski definition) is 1. The summed E-state index contributed by atoms with van der Waals surface area (Å²) in [7, 11) is 0. The molecular weight excluding hydrogens is 330 g/mol. The number of piperazine rings is 1. The van der Waals surface area contributed by atoms with Gasteiger partial charge in [0, 0.05) is 51.3 Å². The molecule has 1 N–H and O–H groups in total. The monoisotopic (exact) mass is 351 g/mol. The van der Waals surface area contributed by atoms with E-state index in [-0.39, 0.29) is 11.8 Å². The fourth-order valence-corrected chi connectivity index (χ4v) is 2.81. The molecule has 0 aliphatic carbocycles. The molecule has 1 fully saturated rings. The lowest BCUT2D eigenvalue weighted by molar-refractivity contribution is 0.0746.